The number of para-hydroxylation sites is 2. The van der Waals surface area contributed by atoms with Crippen LogP contribution in [0.3, 0.4) is 0 Å². The second-order valence-electron chi connectivity index (χ2n) is 9.10. The summed E-state index contributed by atoms with van der Waals surface area (Å²) < 4.78 is 3.43. The van der Waals surface area contributed by atoms with E-state index in [1.165, 1.54) is 11.8 Å². The predicted octanol–water partition coefficient (Wildman–Crippen LogP) is 5.58. The third-order valence-electron chi connectivity index (χ3n) is 6.18. The Hall–Kier alpha value is -3.91. The molecule has 0 spiro atoms. The van der Waals surface area contributed by atoms with Crippen LogP contribution in [0.4, 0.5) is 5.69 Å². The number of carbonyl (C=O) groups excluding carboxylic acids is 1. The van der Waals surface area contributed by atoms with Crippen molar-refractivity contribution in [3.63, 3.8) is 0 Å². The molecule has 0 saturated heterocycles. The van der Waals surface area contributed by atoms with Gasteiger partial charge in [-0.3, -0.25) is 14.0 Å². The topological polar surface area (TPSA) is 81.3 Å². The normalized spacial score (nSPS) is 12.4. The minimum Gasteiger partial charge on any atom is -0.325 e. The average molecular weight is 498 g/mol. The zero-order valence-corrected chi connectivity index (χ0v) is 21.4. The van der Waals surface area contributed by atoms with Gasteiger partial charge in [0.2, 0.25) is 11.7 Å². The zero-order valence-electron chi connectivity index (χ0n) is 20.6. The second kappa shape index (κ2) is 9.62. The number of fused-ring (bicyclic) bond motifs is 3. The van der Waals surface area contributed by atoms with Gasteiger partial charge in [0.25, 0.3) is 5.56 Å². The van der Waals surface area contributed by atoms with Crippen LogP contribution in [-0.4, -0.2) is 30.3 Å². The Morgan fingerprint density at radius 2 is 1.61 bits per heavy atom. The van der Waals surface area contributed by atoms with Crippen molar-refractivity contribution in [2.24, 2.45) is 0 Å². The number of thioether (sulfide) groups is 1. The summed E-state index contributed by atoms with van der Waals surface area (Å²) in [4.78, 5) is 26.6. The fraction of sp³-hybridized carbons (Fsp3) is 0.214. The molecule has 1 atom stereocenters. The molecule has 1 N–H and O–H groups in total. The number of amides is 1. The molecule has 0 aliphatic heterocycles. The first kappa shape index (κ1) is 23.8. The molecule has 5 rings (SSSR count). The molecule has 2 heterocycles. The monoisotopic (exact) mass is 497 g/mol. The Kier molecular flexibility index (Phi) is 6.36. The molecule has 5 aromatic rings. The van der Waals surface area contributed by atoms with Gasteiger partial charge in [-0.1, -0.05) is 73.6 Å². The molecule has 1 amide bonds. The summed E-state index contributed by atoms with van der Waals surface area (Å²) in [5.74, 6) is 0.568. The van der Waals surface area contributed by atoms with E-state index in [1.807, 2.05) is 85.0 Å². The van der Waals surface area contributed by atoms with Crippen molar-refractivity contribution >= 4 is 40.0 Å². The molecule has 0 aliphatic rings. The Morgan fingerprint density at radius 3 is 2.36 bits per heavy atom. The first-order valence-electron chi connectivity index (χ1n) is 11.9. The summed E-state index contributed by atoms with van der Waals surface area (Å²) in [5.41, 5.74) is 4.24. The van der Waals surface area contributed by atoms with Crippen LogP contribution in [0.1, 0.15) is 37.8 Å². The van der Waals surface area contributed by atoms with E-state index in [2.05, 4.69) is 29.4 Å². The number of anilines is 1. The van der Waals surface area contributed by atoms with E-state index in [-0.39, 0.29) is 17.4 Å². The lowest BCUT2D eigenvalue weighted by Gasteiger charge is -2.16. The van der Waals surface area contributed by atoms with Crippen molar-refractivity contribution in [1.29, 1.82) is 0 Å². The van der Waals surface area contributed by atoms with E-state index < -0.39 is 5.25 Å². The van der Waals surface area contributed by atoms with Gasteiger partial charge in [0.05, 0.1) is 21.8 Å². The van der Waals surface area contributed by atoms with Crippen LogP contribution in [0, 0.1) is 6.92 Å². The molecule has 8 heteroatoms. The van der Waals surface area contributed by atoms with Crippen molar-refractivity contribution in [2.45, 2.75) is 44.0 Å². The van der Waals surface area contributed by atoms with Crippen molar-refractivity contribution in [3.05, 3.63) is 94.3 Å². The molecule has 0 radical (unpaired) electrons. The van der Waals surface area contributed by atoms with E-state index in [9.17, 15) is 9.59 Å². The number of hydrogen-bond donors (Lipinski definition) is 1. The molecule has 0 saturated carbocycles. The van der Waals surface area contributed by atoms with Crippen molar-refractivity contribution in [1.82, 2.24) is 19.2 Å². The van der Waals surface area contributed by atoms with E-state index in [0.29, 0.717) is 27.5 Å². The summed E-state index contributed by atoms with van der Waals surface area (Å²) in [7, 11) is 0. The highest BCUT2D eigenvalue weighted by Crippen LogP contribution is 2.28. The number of nitrogens with one attached hydrogen (secondary N) is 1. The molecular formula is C28H27N5O2S. The fourth-order valence-electron chi connectivity index (χ4n) is 4.24. The van der Waals surface area contributed by atoms with Gasteiger partial charge in [-0.05, 0) is 55.7 Å². The van der Waals surface area contributed by atoms with Crippen molar-refractivity contribution in [2.75, 3.05) is 5.32 Å². The maximum Gasteiger partial charge on any atom is 0.267 e. The van der Waals surface area contributed by atoms with Gasteiger partial charge in [0, 0.05) is 5.69 Å². The molecule has 182 valence electrons. The minimum atomic E-state index is -0.448. The summed E-state index contributed by atoms with van der Waals surface area (Å²) in [5, 5.41) is 12.5. The summed E-state index contributed by atoms with van der Waals surface area (Å²) in [6.07, 6.45) is 0. The molecule has 7 nitrogen and oxygen atoms in total. The number of nitrogens with zero attached hydrogens (tertiary/aromatic N) is 4. The summed E-state index contributed by atoms with van der Waals surface area (Å²) in [6.45, 7) is 8.05. The maximum absolute atomic E-state index is 13.5. The lowest BCUT2D eigenvalue weighted by atomic mass is 10.0. The fourth-order valence-corrected chi connectivity index (χ4v) is 5.10. The largest absolute Gasteiger partial charge is 0.325 e. The predicted molar refractivity (Wildman–Crippen MR) is 145 cm³/mol. The smallest absolute Gasteiger partial charge is 0.267 e. The van der Waals surface area contributed by atoms with E-state index in [4.69, 9.17) is 0 Å². The standard InChI is InChI=1S/C28H27N5O2S/c1-17(2)21-9-5-7-11-23(21)29-25(34)19(4)36-28-31-30-27-32(20-15-13-18(3)14-16-20)26(35)22-10-6-8-12-24(22)33(27)28/h5-17,19H,1-4H3,(H,29,34). The van der Waals surface area contributed by atoms with Crippen LogP contribution < -0.4 is 10.9 Å². The number of benzene rings is 3. The first-order valence-corrected chi connectivity index (χ1v) is 12.8. The van der Waals surface area contributed by atoms with Crippen molar-refractivity contribution < 1.29 is 4.79 Å². The summed E-state index contributed by atoms with van der Waals surface area (Å²) in [6, 6.07) is 23.0. The van der Waals surface area contributed by atoms with Gasteiger partial charge >= 0.3 is 0 Å². The SMILES string of the molecule is Cc1ccc(-n2c(=O)c3ccccc3n3c(SC(C)C(=O)Nc4ccccc4C(C)C)nnc23)cc1. The Balaban J connectivity index is 1.56. The third-order valence-corrected chi connectivity index (χ3v) is 7.22. The molecule has 0 fully saturated rings. The number of hydrogen-bond acceptors (Lipinski definition) is 5. The van der Waals surface area contributed by atoms with Crippen LogP contribution in [-0.2, 0) is 4.79 Å². The average Bonchev–Trinajstić information content (AvgIpc) is 3.28. The van der Waals surface area contributed by atoms with E-state index in [0.717, 1.165) is 16.8 Å². The van der Waals surface area contributed by atoms with Gasteiger partial charge in [-0.15, -0.1) is 10.2 Å². The molecule has 1 unspecified atom stereocenters. The number of carbonyl (C=O) groups is 1. The van der Waals surface area contributed by atoms with Crippen LogP contribution in [0.5, 0.6) is 0 Å². The van der Waals surface area contributed by atoms with Gasteiger partial charge < -0.3 is 5.32 Å². The minimum absolute atomic E-state index is 0.124. The zero-order chi connectivity index (χ0) is 25.4. The number of rotatable bonds is 6. The molecule has 3 aromatic carbocycles. The molecule has 2 aromatic heterocycles. The van der Waals surface area contributed by atoms with Crippen LogP contribution >= 0.6 is 11.8 Å². The highest BCUT2D eigenvalue weighted by molar-refractivity contribution is 8.00. The molecule has 36 heavy (non-hydrogen) atoms. The van der Waals surface area contributed by atoms with Crippen LogP contribution in [0.25, 0.3) is 22.4 Å². The van der Waals surface area contributed by atoms with E-state index >= 15 is 0 Å². The Bertz CT molecular complexity index is 1640. The Morgan fingerprint density at radius 1 is 0.917 bits per heavy atom. The lowest BCUT2D eigenvalue weighted by molar-refractivity contribution is -0.115. The lowest BCUT2D eigenvalue weighted by Crippen LogP contribution is -2.24. The number of aromatic nitrogens is 4. The highest BCUT2D eigenvalue weighted by Gasteiger charge is 2.23. The van der Waals surface area contributed by atoms with Crippen molar-refractivity contribution in [3.8, 4) is 5.69 Å². The summed E-state index contributed by atoms with van der Waals surface area (Å²) >= 11 is 1.31. The van der Waals surface area contributed by atoms with Gasteiger partial charge in [-0.2, -0.15) is 0 Å². The molecule has 0 bridgehead atoms. The molecular weight excluding hydrogens is 470 g/mol. The third kappa shape index (κ3) is 4.28. The maximum atomic E-state index is 13.5. The van der Waals surface area contributed by atoms with Gasteiger partial charge in [-0.25, -0.2) is 4.57 Å². The second-order valence-corrected chi connectivity index (χ2v) is 10.4. The number of aryl methyl sites for hydroxylation is 1. The first-order chi connectivity index (χ1) is 17.3. The molecule has 0 aliphatic carbocycles. The highest BCUT2D eigenvalue weighted by atomic mass is 32.2. The quantitative estimate of drug-likeness (QED) is 0.310. The van der Waals surface area contributed by atoms with Crippen LogP contribution in [0.15, 0.2) is 82.7 Å². The van der Waals surface area contributed by atoms with Crippen LogP contribution in [0.2, 0.25) is 0 Å². The van der Waals surface area contributed by atoms with Gasteiger partial charge in [0.15, 0.2) is 5.16 Å². The van der Waals surface area contributed by atoms with Gasteiger partial charge in [0.1, 0.15) is 0 Å². The Labute approximate surface area is 213 Å². The van der Waals surface area contributed by atoms with E-state index in [1.54, 1.807) is 10.6 Å².